The van der Waals surface area contributed by atoms with Crippen molar-refractivity contribution in [2.24, 2.45) is 0 Å². The molecule has 1 rings (SSSR count). The van der Waals surface area contributed by atoms with Gasteiger partial charge in [0.25, 0.3) is 0 Å². The highest BCUT2D eigenvalue weighted by Crippen LogP contribution is 2.19. The van der Waals surface area contributed by atoms with E-state index in [2.05, 4.69) is 4.98 Å². The highest BCUT2D eigenvalue weighted by molar-refractivity contribution is 5.89. The van der Waals surface area contributed by atoms with Gasteiger partial charge >= 0.3 is 5.97 Å². The molecule has 0 spiro atoms. The molecule has 0 aliphatic carbocycles. The molecular formula is C12H17NO2. The molecule has 0 saturated heterocycles. The molecule has 1 heterocycles. The summed E-state index contributed by atoms with van der Waals surface area (Å²) in [5.74, 6) is -0.611. The van der Waals surface area contributed by atoms with Crippen LogP contribution in [0.25, 0.3) is 0 Å². The zero-order valence-corrected chi connectivity index (χ0v) is 9.66. The Balaban J connectivity index is 3.38. The van der Waals surface area contributed by atoms with Gasteiger partial charge in [0.1, 0.15) is 0 Å². The molecule has 0 aromatic carbocycles. The Kier molecular flexibility index (Phi) is 3.45. The molecule has 0 saturated carbocycles. The zero-order valence-electron chi connectivity index (χ0n) is 9.66. The average Bonchev–Trinajstić information content (AvgIpc) is 2.17. The van der Waals surface area contributed by atoms with E-state index < -0.39 is 5.97 Å². The van der Waals surface area contributed by atoms with Crippen LogP contribution in [0, 0.1) is 6.92 Å². The molecular weight excluding hydrogens is 190 g/mol. The van der Waals surface area contributed by atoms with E-state index in [-0.39, 0.29) is 5.92 Å². The number of hydrogen-bond acceptors (Lipinski definition) is 2. The van der Waals surface area contributed by atoms with Gasteiger partial charge in [-0.3, -0.25) is 4.98 Å². The topological polar surface area (TPSA) is 50.2 Å². The molecule has 15 heavy (non-hydrogen) atoms. The minimum Gasteiger partial charge on any atom is -0.478 e. The third-order valence-electron chi connectivity index (χ3n) is 2.55. The molecule has 3 heteroatoms. The summed E-state index contributed by atoms with van der Waals surface area (Å²) in [7, 11) is 0. The Morgan fingerprint density at radius 2 is 2.13 bits per heavy atom. The predicted molar refractivity (Wildman–Crippen MR) is 59.4 cm³/mol. The summed E-state index contributed by atoms with van der Waals surface area (Å²) >= 11 is 0. The fraction of sp³-hybridized carbons (Fsp3) is 0.500. The second-order valence-corrected chi connectivity index (χ2v) is 3.98. The molecule has 0 aliphatic rings. The van der Waals surface area contributed by atoms with Gasteiger partial charge in [-0.1, -0.05) is 20.8 Å². The second-order valence-electron chi connectivity index (χ2n) is 3.98. The molecule has 1 N–H and O–H groups in total. The SMILES string of the molecule is CCc1nc(C(C)C)cc(C(=O)O)c1C. The first kappa shape index (κ1) is 11.7. The van der Waals surface area contributed by atoms with Gasteiger partial charge in [0.2, 0.25) is 0 Å². The van der Waals surface area contributed by atoms with E-state index in [0.29, 0.717) is 5.56 Å². The molecule has 0 bridgehead atoms. The van der Waals surface area contributed by atoms with Crippen LogP contribution in [0.2, 0.25) is 0 Å². The van der Waals surface area contributed by atoms with Crippen molar-refractivity contribution in [1.29, 1.82) is 0 Å². The Bertz CT molecular complexity index is 383. The summed E-state index contributed by atoms with van der Waals surface area (Å²) in [6, 6.07) is 1.68. The van der Waals surface area contributed by atoms with E-state index in [1.807, 2.05) is 27.7 Å². The maximum Gasteiger partial charge on any atom is 0.336 e. The smallest absolute Gasteiger partial charge is 0.336 e. The number of hydrogen-bond donors (Lipinski definition) is 1. The van der Waals surface area contributed by atoms with Crippen molar-refractivity contribution in [2.45, 2.75) is 40.0 Å². The summed E-state index contributed by atoms with van der Waals surface area (Å²) in [6.45, 7) is 7.84. The molecule has 0 fully saturated rings. The van der Waals surface area contributed by atoms with Crippen molar-refractivity contribution >= 4 is 5.97 Å². The number of aryl methyl sites for hydroxylation is 1. The zero-order chi connectivity index (χ0) is 11.6. The van der Waals surface area contributed by atoms with Gasteiger partial charge in [-0.15, -0.1) is 0 Å². The molecule has 0 amide bonds. The van der Waals surface area contributed by atoms with E-state index in [1.54, 1.807) is 6.07 Å². The predicted octanol–water partition coefficient (Wildman–Crippen LogP) is 2.77. The van der Waals surface area contributed by atoms with Crippen LogP contribution in [0.3, 0.4) is 0 Å². The van der Waals surface area contributed by atoms with E-state index in [1.165, 1.54) is 0 Å². The molecule has 1 aromatic rings. The van der Waals surface area contributed by atoms with Crippen molar-refractivity contribution in [3.8, 4) is 0 Å². The van der Waals surface area contributed by atoms with Gasteiger partial charge in [-0.25, -0.2) is 4.79 Å². The normalized spacial score (nSPS) is 10.7. The summed E-state index contributed by atoms with van der Waals surface area (Å²) in [4.78, 5) is 15.5. The first-order valence-corrected chi connectivity index (χ1v) is 5.21. The number of nitrogens with zero attached hydrogens (tertiary/aromatic N) is 1. The number of aromatic carboxylic acids is 1. The van der Waals surface area contributed by atoms with Crippen LogP contribution >= 0.6 is 0 Å². The average molecular weight is 207 g/mol. The molecule has 0 atom stereocenters. The third kappa shape index (κ3) is 2.35. The lowest BCUT2D eigenvalue weighted by molar-refractivity contribution is 0.0695. The first-order chi connectivity index (χ1) is 6.97. The molecule has 0 aliphatic heterocycles. The quantitative estimate of drug-likeness (QED) is 0.829. The van der Waals surface area contributed by atoms with Crippen molar-refractivity contribution in [3.05, 3.63) is 28.6 Å². The summed E-state index contributed by atoms with van der Waals surface area (Å²) in [6.07, 6.45) is 0.771. The fourth-order valence-corrected chi connectivity index (χ4v) is 1.55. The number of aromatic nitrogens is 1. The fourth-order valence-electron chi connectivity index (χ4n) is 1.55. The van der Waals surface area contributed by atoms with E-state index in [4.69, 9.17) is 5.11 Å². The Labute approximate surface area is 90.2 Å². The van der Waals surface area contributed by atoms with Crippen molar-refractivity contribution < 1.29 is 9.90 Å². The summed E-state index contributed by atoms with van der Waals surface area (Å²) < 4.78 is 0. The standard InChI is InChI=1S/C12H17NO2/c1-5-10-8(4)9(12(14)15)6-11(13-10)7(2)3/h6-7H,5H2,1-4H3,(H,14,15). The van der Waals surface area contributed by atoms with Gasteiger partial charge in [-0.2, -0.15) is 0 Å². The molecule has 0 radical (unpaired) electrons. The van der Waals surface area contributed by atoms with Crippen LogP contribution in [0.5, 0.6) is 0 Å². The monoisotopic (exact) mass is 207 g/mol. The van der Waals surface area contributed by atoms with Gasteiger partial charge in [0.15, 0.2) is 0 Å². The second kappa shape index (κ2) is 4.43. The van der Waals surface area contributed by atoms with Gasteiger partial charge in [0.05, 0.1) is 5.56 Å². The summed E-state index contributed by atoms with van der Waals surface area (Å²) in [5.41, 5.74) is 2.91. The third-order valence-corrected chi connectivity index (χ3v) is 2.55. The van der Waals surface area contributed by atoms with Crippen LogP contribution in [-0.2, 0) is 6.42 Å². The maximum absolute atomic E-state index is 11.0. The minimum atomic E-state index is -0.869. The highest BCUT2D eigenvalue weighted by atomic mass is 16.4. The van der Waals surface area contributed by atoms with Crippen molar-refractivity contribution in [1.82, 2.24) is 4.98 Å². The number of carboxylic acids is 1. The van der Waals surface area contributed by atoms with Crippen LogP contribution in [0.4, 0.5) is 0 Å². The lowest BCUT2D eigenvalue weighted by atomic mass is 10.0. The van der Waals surface area contributed by atoms with E-state index in [0.717, 1.165) is 23.4 Å². The Morgan fingerprint density at radius 3 is 2.53 bits per heavy atom. The largest absolute Gasteiger partial charge is 0.478 e. The van der Waals surface area contributed by atoms with Gasteiger partial charge < -0.3 is 5.11 Å². The Hall–Kier alpha value is -1.38. The lowest BCUT2D eigenvalue weighted by Crippen LogP contribution is -2.08. The number of rotatable bonds is 3. The van der Waals surface area contributed by atoms with Crippen LogP contribution in [0.15, 0.2) is 6.07 Å². The molecule has 82 valence electrons. The van der Waals surface area contributed by atoms with Gasteiger partial charge in [-0.05, 0) is 30.9 Å². The summed E-state index contributed by atoms with van der Waals surface area (Å²) in [5, 5.41) is 9.06. The molecule has 0 unspecified atom stereocenters. The number of carboxylic acid groups (broad SMARTS) is 1. The van der Waals surface area contributed by atoms with Gasteiger partial charge in [0, 0.05) is 11.4 Å². The van der Waals surface area contributed by atoms with E-state index >= 15 is 0 Å². The molecule has 1 aromatic heterocycles. The van der Waals surface area contributed by atoms with Crippen LogP contribution in [-0.4, -0.2) is 16.1 Å². The van der Waals surface area contributed by atoms with Crippen molar-refractivity contribution in [3.63, 3.8) is 0 Å². The Morgan fingerprint density at radius 1 is 1.53 bits per heavy atom. The van der Waals surface area contributed by atoms with Crippen LogP contribution < -0.4 is 0 Å². The maximum atomic E-state index is 11.0. The number of pyridine rings is 1. The van der Waals surface area contributed by atoms with Crippen LogP contribution in [0.1, 0.15) is 54.0 Å². The molecule has 3 nitrogen and oxygen atoms in total. The highest BCUT2D eigenvalue weighted by Gasteiger charge is 2.14. The number of carbonyl (C=O) groups is 1. The first-order valence-electron chi connectivity index (χ1n) is 5.21. The lowest BCUT2D eigenvalue weighted by Gasteiger charge is -2.11. The van der Waals surface area contributed by atoms with E-state index in [9.17, 15) is 4.79 Å². The van der Waals surface area contributed by atoms with Crippen molar-refractivity contribution in [2.75, 3.05) is 0 Å². The minimum absolute atomic E-state index is 0.258.